The second kappa shape index (κ2) is 9.93. The van der Waals surface area contributed by atoms with E-state index >= 15 is 0 Å². The molecule has 0 aromatic heterocycles. The first kappa shape index (κ1) is 19.1. The van der Waals surface area contributed by atoms with Crippen LogP contribution in [0.4, 0.5) is 0 Å². The van der Waals surface area contributed by atoms with Crippen molar-refractivity contribution in [2.45, 2.75) is 52.8 Å². The van der Waals surface area contributed by atoms with Gasteiger partial charge in [-0.15, -0.1) is 0 Å². The van der Waals surface area contributed by atoms with Gasteiger partial charge in [-0.05, 0) is 26.7 Å². The molecule has 0 aliphatic heterocycles. The molecule has 0 aliphatic rings. The quantitative estimate of drug-likeness (QED) is 0.579. The average molecular weight is 309 g/mol. The molecule has 0 spiro atoms. The number of carbonyl (C=O) groups is 1. The molecule has 0 aliphatic carbocycles. The van der Waals surface area contributed by atoms with Crippen molar-refractivity contribution in [1.82, 2.24) is 0 Å². The molecule has 0 aromatic rings. The zero-order valence-electron chi connectivity index (χ0n) is 13.0. The molecule has 0 fully saturated rings. The molecule has 6 heteroatoms. The van der Waals surface area contributed by atoms with Crippen LogP contribution in [-0.2, 0) is 18.1 Å². The maximum Gasteiger partial charge on any atom is 0.502 e. The van der Waals surface area contributed by atoms with Crippen molar-refractivity contribution >= 4 is 25.7 Å². The fourth-order valence-electron chi connectivity index (χ4n) is 1.83. The molecule has 0 heterocycles. The van der Waals surface area contributed by atoms with E-state index in [1.807, 2.05) is 20.8 Å². The Morgan fingerprint density at radius 2 is 1.47 bits per heavy atom. The summed E-state index contributed by atoms with van der Waals surface area (Å²) in [7, 11) is -2.66. The van der Waals surface area contributed by atoms with Crippen LogP contribution in [0, 0.1) is 5.92 Å². The van der Waals surface area contributed by atoms with Crippen molar-refractivity contribution in [3.05, 3.63) is 0 Å². The van der Waals surface area contributed by atoms with Gasteiger partial charge in [0.05, 0.1) is 0 Å². The van der Waals surface area contributed by atoms with E-state index in [4.69, 9.17) is 13.3 Å². The highest BCUT2D eigenvalue weighted by Gasteiger charge is 2.43. The summed E-state index contributed by atoms with van der Waals surface area (Å²) in [6.45, 7) is 13.4. The van der Waals surface area contributed by atoms with E-state index in [1.165, 1.54) is 11.8 Å². The van der Waals surface area contributed by atoms with Gasteiger partial charge < -0.3 is 13.3 Å². The monoisotopic (exact) mass is 308 g/mol. The van der Waals surface area contributed by atoms with Crippen molar-refractivity contribution in [1.29, 1.82) is 0 Å². The van der Waals surface area contributed by atoms with Crippen LogP contribution in [0.5, 0.6) is 0 Å². The van der Waals surface area contributed by atoms with Crippen molar-refractivity contribution in [2.24, 2.45) is 5.92 Å². The Bertz CT molecular complexity index is 244. The number of hydrogen-bond donors (Lipinski definition) is 0. The fourth-order valence-corrected chi connectivity index (χ4v) is 6.37. The molecular formula is C13H28O4SSi. The van der Waals surface area contributed by atoms with E-state index in [-0.39, 0.29) is 10.4 Å². The predicted molar refractivity (Wildman–Crippen MR) is 82.3 cm³/mol. The summed E-state index contributed by atoms with van der Waals surface area (Å²) in [5, 5.41) is 0.305. The van der Waals surface area contributed by atoms with Crippen LogP contribution in [0.1, 0.15) is 41.5 Å². The minimum absolute atomic E-state index is 0.131. The van der Waals surface area contributed by atoms with Crippen LogP contribution in [0.15, 0.2) is 0 Å². The van der Waals surface area contributed by atoms with Crippen molar-refractivity contribution in [3.8, 4) is 0 Å². The summed E-state index contributed by atoms with van der Waals surface area (Å²) in [4.78, 5) is 11.4. The minimum Gasteiger partial charge on any atom is -0.374 e. The molecule has 0 saturated carbocycles. The first-order valence-corrected chi connectivity index (χ1v) is 9.81. The van der Waals surface area contributed by atoms with Crippen LogP contribution in [0.2, 0.25) is 6.04 Å². The van der Waals surface area contributed by atoms with Crippen LogP contribution in [0.25, 0.3) is 0 Å². The summed E-state index contributed by atoms with van der Waals surface area (Å²) in [6.07, 6.45) is 0. The largest absolute Gasteiger partial charge is 0.502 e. The lowest BCUT2D eigenvalue weighted by molar-refractivity contribution is -0.109. The molecule has 0 bridgehead atoms. The zero-order chi connectivity index (χ0) is 14.9. The van der Waals surface area contributed by atoms with E-state index in [2.05, 4.69) is 13.8 Å². The molecule has 19 heavy (non-hydrogen) atoms. The van der Waals surface area contributed by atoms with Gasteiger partial charge in [0, 0.05) is 38.0 Å². The second-order valence-electron chi connectivity index (χ2n) is 4.58. The number of hydrogen-bond acceptors (Lipinski definition) is 5. The van der Waals surface area contributed by atoms with Gasteiger partial charge in [0.15, 0.2) is 5.12 Å². The molecule has 0 saturated heterocycles. The van der Waals surface area contributed by atoms with Crippen LogP contribution < -0.4 is 0 Å². The number of carbonyl (C=O) groups excluding carboxylic acids is 1. The molecule has 0 radical (unpaired) electrons. The maximum absolute atomic E-state index is 11.4. The molecule has 0 N–H and O–H groups in total. The first-order chi connectivity index (χ1) is 8.90. The predicted octanol–water partition coefficient (Wildman–Crippen LogP) is 3.34. The van der Waals surface area contributed by atoms with E-state index in [0.717, 1.165) is 0 Å². The molecule has 0 rings (SSSR count). The van der Waals surface area contributed by atoms with Gasteiger partial charge in [0.2, 0.25) is 0 Å². The van der Waals surface area contributed by atoms with E-state index in [0.29, 0.717) is 31.8 Å². The third kappa shape index (κ3) is 7.46. The lowest BCUT2D eigenvalue weighted by atomic mass is 10.1. The van der Waals surface area contributed by atoms with Crippen LogP contribution >= 0.6 is 11.8 Å². The summed E-state index contributed by atoms with van der Waals surface area (Å²) < 4.78 is 17.5. The van der Waals surface area contributed by atoms with Crippen LogP contribution in [-0.4, -0.2) is 39.0 Å². The standard InChI is InChI=1S/C13H28O4SSi/c1-7-15-19(16-8-2,17-9-3)10-13(11(4)5)18-12(6)14/h11,13H,7-10H2,1-6H3. The number of rotatable bonds is 10. The molecule has 4 nitrogen and oxygen atoms in total. The number of thioether (sulfide) groups is 1. The Morgan fingerprint density at radius 1 is 1.05 bits per heavy atom. The minimum atomic E-state index is -2.66. The SMILES string of the molecule is CCO[Si](CC(SC(C)=O)C(C)C)(OCC)OCC. The highest BCUT2D eigenvalue weighted by molar-refractivity contribution is 8.14. The first-order valence-electron chi connectivity index (χ1n) is 6.99. The van der Waals surface area contributed by atoms with Gasteiger partial charge in [-0.3, -0.25) is 4.79 Å². The van der Waals surface area contributed by atoms with Gasteiger partial charge in [-0.25, -0.2) is 0 Å². The Labute approximate surface area is 122 Å². The van der Waals surface area contributed by atoms with Crippen molar-refractivity contribution in [3.63, 3.8) is 0 Å². The summed E-state index contributed by atoms with van der Waals surface area (Å²) in [5.41, 5.74) is 0. The Morgan fingerprint density at radius 3 is 1.74 bits per heavy atom. The topological polar surface area (TPSA) is 44.8 Å². The zero-order valence-corrected chi connectivity index (χ0v) is 14.8. The maximum atomic E-state index is 11.4. The lowest BCUT2D eigenvalue weighted by Crippen LogP contribution is -2.48. The normalized spacial score (nSPS) is 13.8. The van der Waals surface area contributed by atoms with E-state index in [9.17, 15) is 4.79 Å². The van der Waals surface area contributed by atoms with Crippen molar-refractivity contribution in [2.75, 3.05) is 19.8 Å². The molecular weight excluding hydrogens is 280 g/mol. The van der Waals surface area contributed by atoms with Gasteiger partial charge in [0.1, 0.15) is 0 Å². The van der Waals surface area contributed by atoms with E-state index in [1.54, 1.807) is 6.92 Å². The molecule has 0 aromatic carbocycles. The van der Waals surface area contributed by atoms with E-state index < -0.39 is 8.80 Å². The summed E-state index contributed by atoms with van der Waals surface area (Å²) in [6, 6.07) is 0.685. The fraction of sp³-hybridized carbons (Fsp3) is 0.923. The summed E-state index contributed by atoms with van der Waals surface area (Å²) in [5.74, 6) is 0.377. The second-order valence-corrected chi connectivity index (χ2v) is 8.63. The highest BCUT2D eigenvalue weighted by Crippen LogP contribution is 2.30. The third-order valence-corrected chi connectivity index (χ3v) is 7.37. The van der Waals surface area contributed by atoms with Crippen molar-refractivity contribution < 1.29 is 18.1 Å². The molecule has 114 valence electrons. The molecule has 1 atom stereocenters. The Kier molecular flexibility index (Phi) is 9.99. The van der Waals surface area contributed by atoms with Gasteiger partial charge in [0.25, 0.3) is 0 Å². The average Bonchev–Trinajstić information content (AvgIpc) is 2.28. The molecule has 0 amide bonds. The van der Waals surface area contributed by atoms with Gasteiger partial charge >= 0.3 is 8.80 Å². The highest BCUT2D eigenvalue weighted by atomic mass is 32.2. The van der Waals surface area contributed by atoms with Gasteiger partial charge in [-0.1, -0.05) is 25.6 Å². The van der Waals surface area contributed by atoms with Crippen LogP contribution in [0.3, 0.4) is 0 Å². The molecule has 1 unspecified atom stereocenters. The van der Waals surface area contributed by atoms with Gasteiger partial charge in [-0.2, -0.15) is 0 Å². The lowest BCUT2D eigenvalue weighted by Gasteiger charge is -2.32. The smallest absolute Gasteiger partial charge is 0.374 e. The summed E-state index contributed by atoms with van der Waals surface area (Å²) >= 11 is 1.37. The third-order valence-electron chi connectivity index (χ3n) is 2.60. The Hall–Kier alpha value is 0.117. The Balaban J connectivity index is 4.94.